The quantitative estimate of drug-likeness (QED) is 0.421. The van der Waals surface area contributed by atoms with Crippen LogP contribution in [-0.4, -0.2) is 51.5 Å². The minimum Gasteiger partial charge on any atom is -0.429 e. The summed E-state index contributed by atoms with van der Waals surface area (Å²) in [5.41, 5.74) is 1.40. The summed E-state index contributed by atoms with van der Waals surface area (Å²) < 4.78 is 50.7. The molecule has 0 aliphatic carbocycles. The number of H-pyrrole nitrogens is 1. The van der Waals surface area contributed by atoms with Crippen LogP contribution < -0.4 is 0 Å². The van der Waals surface area contributed by atoms with Gasteiger partial charge in [-0.2, -0.15) is 5.10 Å². The highest BCUT2D eigenvalue weighted by atomic mass is 19.3. The maximum absolute atomic E-state index is 14.4. The van der Waals surface area contributed by atoms with E-state index >= 15 is 0 Å². The molecular formula is C22H17F3N8O2. The van der Waals surface area contributed by atoms with E-state index in [0.29, 0.717) is 23.5 Å². The van der Waals surface area contributed by atoms with Crippen molar-refractivity contribution >= 4 is 11.4 Å². The molecule has 6 rings (SSSR count). The first-order valence-electron chi connectivity index (χ1n) is 10.6. The van der Waals surface area contributed by atoms with Crippen LogP contribution in [-0.2, 0) is 13.5 Å². The number of aromatic amines is 1. The van der Waals surface area contributed by atoms with Crippen molar-refractivity contribution in [3.63, 3.8) is 0 Å². The fourth-order valence-corrected chi connectivity index (χ4v) is 4.36. The Morgan fingerprint density at radius 2 is 2.20 bits per heavy atom. The number of hydrogen-bond acceptors (Lipinski definition) is 6. The number of pyridine rings is 1. The molecule has 0 aromatic carbocycles. The van der Waals surface area contributed by atoms with E-state index in [9.17, 15) is 18.0 Å². The standard InChI is InChI=1S/C22H17F3N8O2/c1-31-10-26-8-15(31)21-29-17(20(24)25)19(35-21)22(34)32-6-4-12-16(28-9-27-12)18(32)13-7-14-11(23)3-2-5-33(14)30-13/h2-3,5,7-10,18,20H,4,6H2,1H3,(H,27,28). The molecule has 0 saturated carbocycles. The Labute approximate surface area is 195 Å². The van der Waals surface area contributed by atoms with Gasteiger partial charge in [0, 0.05) is 31.9 Å². The maximum atomic E-state index is 14.4. The van der Waals surface area contributed by atoms with E-state index in [2.05, 4.69) is 25.0 Å². The summed E-state index contributed by atoms with van der Waals surface area (Å²) >= 11 is 0. The number of rotatable bonds is 4. The van der Waals surface area contributed by atoms with Gasteiger partial charge in [-0.25, -0.2) is 32.6 Å². The van der Waals surface area contributed by atoms with Crippen LogP contribution in [0.1, 0.15) is 45.8 Å². The zero-order chi connectivity index (χ0) is 24.3. The van der Waals surface area contributed by atoms with Crippen LogP contribution in [0.25, 0.3) is 17.1 Å². The van der Waals surface area contributed by atoms with Gasteiger partial charge in [0.05, 0.1) is 30.2 Å². The average Bonchev–Trinajstić information content (AvgIpc) is 3.62. The second-order valence-corrected chi connectivity index (χ2v) is 8.10. The van der Waals surface area contributed by atoms with Crippen molar-refractivity contribution in [2.75, 3.05) is 6.54 Å². The van der Waals surface area contributed by atoms with Crippen LogP contribution in [0.3, 0.4) is 0 Å². The molecule has 1 aliphatic heterocycles. The lowest BCUT2D eigenvalue weighted by Crippen LogP contribution is -2.41. The molecule has 5 aromatic rings. The van der Waals surface area contributed by atoms with Crippen LogP contribution in [0.15, 0.2) is 47.7 Å². The molecule has 5 aromatic heterocycles. The summed E-state index contributed by atoms with van der Waals surface area (Å²) in [7, 11) is 1.65. The first-order chi connectivity index (χ1) is 16.9. The Bertz CT molecular complexity index is 1570. The Morgan fingerprint density at radius 3 is 2.94 bits per heavy atom. The molecule has 6 heterocycles. The molecule has 0 fully saturated rings. The maximum Gasteiger partial charge on any atom is 0.292 e. The van der Waals surface area contributed by atoms with E-state index in [4.69, 9.17) is 4.42 Å². The zero-order valence-corrected chi connectivity index (χ0v) is 18.2. The lowest BCUT2D eigenvalue weighted by molar-refractivity contribution is 0.0640. The summed E-state index contributed by atoms with van der Waals surface area (Å²) in [5, 5.41) is 4.44. The van der Waals surface area contributed by atoms with E-state index < -0.39 is 35.6 Å². The number of oxazole rings is 1. The third-order valence-electron chi connectivity index (χ3n) is 6.03. The minimum absolute atomic E-state index is 0.146. The number of fused-ring (bicyclic) bond motifs is 2. The molecule has 1 atom stereocenters. The zero-order valence-electron chi connectivity index (χ0n) is 18.2. The third-order valence-corrected chi connectivity index (χ3v) is 6.03. The number of imidazole rings is 2. The number of aryl methyl sites for hydroxylation is 1. The monoisotopic (exact) mass is 482 g/mol. The van der Waals surface area contributed by atoms with Gasteiger partial charge in [0.1, 0.15) is 23.1 Å². The number of carbonyl (C=O) groups is 1. The lowest BCUT2D eigenvalue weighted by Gasteiger charge is -2.33. The molecule has 0 radical (unpaired) electrons. The highest BCUT2D eigenvalue weighted by Gasteiger charge is 2.40. The summed E-state index contributed by atoms with van der Waals surface area (Å²) in [4.78, 5) is 30.3. The summed E-state index contributed by atoms with van der Waals surface area (Å²) in [6, 6.07) is 3.47. The Hall–Kier alpha value is -4.42. The summed E-state index contributed by atoms with van der Waals surface area (Å²) in [6.45, 7) is 0.166. The van der Waals surface area contributed by atoms with Gasteiger partial charge in [0.15, 0.2) is 5.69 Å². The first kappa shape index (κ1) is 21.1. The molecule has 0 spiro atoms. The van der Waals surface area contributed by atoms with E-state index in [1.54, 1.807) is 17.8 Å². The van der Waals surface area contributed by atoms with Crippen molar-refractivity contribution in [2.45, 2.75) is 18.9 Å². The van der Waals surface area contributed by atoms with Gasteiger partial charge in [-0.1, -0.05) is 0 Å². The Balaban J connectivity index is 1.47. The second kappa shape index (κ2) is 7.82. The van der Waals surface area contributed by atoms with Crippen LogP contribution >= 0.6 is 0 Å². The highest BCUT2D eigenvalue weighted by Crippen LogP contribution is 2.36. The Kier molecular flexibility index (Phi) is 4.72. The molecule has 0 bridgehead atoms. The number of halogens is 3. The van der Waals surface area contributed by atoms with E-state index in [-0.39, 0.29) is 18.0 Å². The molecule has 1 N–H and O–H groups in total. The molecule has 10 nitrogen and oxygen atoms in total. The van der Waals surface area contributed by atoms with Crippen molar-refractivity contribution in [1.29, 1.82) is 0 Å². The number of alkyl halides is 2. The van der Waals surface area contributed by atoms with Gasteiger partial charge >= 0.3 is 0 Å². The normalized spacial score (nSPS) is 15.8. The van der Waals surface area contributed by atoms with Crippen molar-refractivity contribution in [3.8, 4) is 11.6 Å². The van der Waals surface area contributed by atoms with Crippen LogP contribution in [0.4, 0.5) is 13.2 Å². The molecule has 0 saturated heterocycles. The molecule has 1 amide bonds. The van der Waals surface area contributed by atoms with Crippen LogP contribution in [0, 0.1) is 5.82 Å². The van der Waals surface area contributed by atoms with Crippen molar-refractivity contribution < 1.29 is 22.4 Å². The van der Waals surface area contributed by atoms with Gasteiger partial charge in [-0.05, 0) is 18.2 Å². The number of nitrogens with zero attached hydrogens (tertiary/aromatic N) is 7. The fourth-order valence-electron chi connectivity index (χ4n) is 4.36. The van der Waals surface area contributed by atoms with E-state index in [0.717, 1.165) is 5.69 Å². The first-order valence-corrected chi connectivity index (χ1v) is 10.6. The van der Waals surface area contributed by atoms with Crippen molar-refractivity contribution in [2.24, 2.45) is 7.05 Å². The fraction of sp³-hybridized carbons (Fsp3) is 0.227. The smallest absolute Gasteiger partial charge is 0.292 e. The molecule has 13 heteroatoms. The largest absolute Gasteiger partial charge is 0.429 e. The van der Waals surface area contributed by atoms with Crippen LogP contribution in [0.2, 0.25) is 0 Å². The predicted molar refractivity (Wildman–Crippen MR) is 114 cm³/mol. The second-order valence-electron chi connectivity index (χ2n) is 8.10. The molecule has 1 unspecified atom stereocenters. The lowest BCUT2D eigenvalue weighted by atomic mass is 9.99. The van der Waals surface area contributed by atoms with Gasteiger partial charge in [-0.15, -0.1) is 0 Å². The van der Waals surface area contributed by atoms with Gasteiger partial charge in [0.2, 0.25) is 11.7 Å². The SMILES string of the molecule is Cn1cncc1-c1nc(C(F)F)c(C(=O)N2CCc3[nH]cnc3C2c2cc3c(F)cccn3n2)o1. The Morgan fingerprint density at radius 1 is 1.34 bits per heavy atom. The summed E-state index contributed by atoms with van der Waals surface area (Å²) in [5.74, 6) is -2.00. The average molecular weight is 482 g/mol. The van der Waals surface area contributed by atoms with E-state index in [1.165, 1.54) is 46.5 Å². The van der Waals surface area contributed by atoms with Crippen molar-refractivity contribution in [1.82, 2.24) is 39.0 Å². The number of amides is 1. The number of carbonyl (C=O) groups excluding carboxylic acids is 1. The molecular weight excluding hydrogens is 465 g/mol. The summed E-state index contributed by atoms with van der Waals surface area (Å²) in [6.07, 6.45) is 3.29. The topological polar surface area (TPSA) is 110 Å². The minimum atomic E-state index is -3.05. The van der Waals surface area contributed by atoms with Crippen LogP contribution in [0.5, 0.6) is 0 Å². The third kappa shape index (κ3) is 3.30. The van der Waals surface area contributed by atoms with Gasteiger partial charge in [-0.3, -0.25) is 4.79 Å². The number of hydrogen-bond donors (Lipinski definition) is 1. The number of aromatic nitrogens is 7. The molecule has 35 heavy (non-hydrogen) atoms. The number of nitrogens with one attached hydrogen (secondary N) is 1. The van der Waals surface area contributed by atoms with Gasteiger partial charge in [0.25, 0.3) is 12.3 Å². The highest BCUT2D eigenvalue weighted by molar-refractivity contribution is 5.93. The van der Waals surface area contributed by atoms with Crippen molar-refractivity contribution in [3.05, 3.63) is 77.6 Å². The molecule has 1 aliphatic rings. The van der Waals surface area contributed by atoms with E-state index in [1.807, 2.05) is 0 Å². The predicted octanol–water partition coefficient (Wildman–Crippen LogP) is 3.31. The van der Waals surface area contributed by atoms with Gasteiger partial charge < -0.3 is 18.9 Å². The molecule has 178 valence electrons.